The first kappa shape index (κ1) is 21.1. The maximum absolute atomic E-state index is 13.6. The smallest absolute Gasteiger partial charge is 0.313 e. The number of hydrogen-bond donors (Lipinski definition) is 1. The number of rotatable bonds is 4. The van der Waals surface area contributed by atoms with Gasteiger partial charge in [0.15, 0.2) is 0 Å². The Labute approximate surface area is 176 Å². The number of cyclic esters (lactones) is 1. The van der Waals surface area contributed by atoms with Gasteiger partial charge in [0.25, 0.3) is 0 Å². The number of carbonyl (C=O) groups excluding carboxylic acids is 3. The van der Waals surface area contributed by atoms with Crippen LogP contribution < -0.4 is 0 Å². The van der Waals surface area contributed by atoms with Crippen LogP contribution in [0.25, 0.3) is 0 Å². The first-order chi connectivity index (χ1) is 14.3. The summed E-state index contributed by atoms with van der Waals surface area (Å²) in [4.78, 5) is 43.5. The van der Waals surface area contributed by atoms with Gasteiger partial charge >= 0.3 is 5.97 Å². The minimum atomic E-state index is -1.28. The molecule has 0 radical (unpaired) electrons. The molecule has 2 fully saturated rings. The fourth-order valence-electron chi connectivity index (χ4n) is 5.56. The molecule has 30 heavy (non-hydrogen) atoms. The van der Waals surface area contributed by atoms with Gasteiger partial charge in [0, 0.05) is 19.1 Å². The molecule has 2 amide bonds. The van der Waals surface area contributed by atoms with Crippen LogP contribution in [0.4, 0.5) is 0 Å². The number of β-amino-alcohol motifs (C(OH)–C–C–N with tert-alkyl or cyclic N) is 1. The van der Waals surface area contributed by atoms with Gasteiger partial charge in [0.05, 0.1) is 19.1 Å². The maximum atomic E-state index is 13.6. The summed E-state index contributed by atoms with van der Waals surface area (Å²) in [5.74, 6) is -2.76. The Morgan fingerprint density at radius 3 is 2.60 bits per heavy atom. The monoisotopic (exact) mass is 418 g/mol. The number of fused-ring (bicyclic) bond motifs is 2. The molecule has 8 nitrogen and oxygen atoms in total. The second-order valence-electron chi connectivity index (χ2n) is 8.72. The van der Waals surface area contributed by atoms with E-state index in [0.717, 1.165) is 0 Å². The predicted molar refractivity (Wildman–Crippen MR) is 107 cm³/mol. The van der Waals surface area contributed by atoms with Gasteiger partial charge in [-0.05, 0) is 26.7 Å². The summed E-state index contributed by atoms with van der Waals surface area (Å²) in [6, 6.07) is -0.997. The molecule has 0 aromatic rings. The predicted octanol–water partition coefficient (Wildman–Crippen LogP) is 0.650. The molecule has 4 aliphatic rings. The Kier molecular flexibility index (Phi) is 5.26. The van der Waals surface area contributed by atoms with Crippen molar-refractivity contribution in [1.82, 2.24) is 9.80 Å². The number of amides is 2. The number of ether oxygens (including phenoxy) is 2. The molecule has 4 aliphatic heterocycles. The lowest BCUT2D eigenvalue weighted by Gasteiger charge is -2.39. The first-order valence-electron chi connectivity index (χ1n) is 10.8. The molecule has 0 aromatic heterocycles. The Balaban J connectivity index is 1.91. The third-order valence-electron chi connectivity index (χ3n) is 6.90. The van der Waals surface area contributed by atoms with Gasteiger partial charge in [-0.2, -0.15) is 0 Å². The molecule has 0 saturated carbocycles. The van der Waals surface area contributed by atoms with E-state index in [1.54, 1.807) is 11.0 Å². The third kappa shape index (κ3) is 2.76. The van der Waals surface area contributed by atoms with Gasteiger partial charge in [0.1, 0.15) is 23.2 Å². The normalized spacial score (nSPS) is 38.2. The fourth-order valence-corrected chi connectivity index (χ4v) is 5.56. The molecule has 1 N–H and O–H groups in total. The zero-order chi connectivity index (χ0) is 21.7. The molecule has 5 atom stereocenters. The lowest BCUT2D eigenvalue weighted by atomic mass is 9.73. The second-order valence-corrected chi connectivity index (χ2v) is 8.72. The molecule has 4 rings (SSSR count). The summed E-state index contributed by atoms with van der Waals surface area (Å²) in [6.45, 7) is 6.13. The molecule has 0 aromatic carbocycles. The quantitative estimate of drug-likeness (QED) is 0.532. The van der Waals surface area contributed by atoms with Crippen LogP contribution in [-0.2, 0) is 23.9 Å². The van der Waals surface area contributed by atoms with Crippen LogP contribution in [0.2, 0.25) is 0 Å². The summed E-state index contributed by atoms with van der Waals surface area (Å²) < 4.78 is 12.1. The zero-order valence-electron chi connectivity index (χ0n) is 17.7. The second kappa shape index (κ2) is 7.50. The summed E-state index contributed by atoms with van der Waals surface area (Å²) in [5.41, 5.74) is -2.29. The minimum absolute atomic E-state index is 0.00730. The molecule has 0 bridgehead atoms. The van der Waals surface area contributed by atoms with Crippen molar-refractivity contribution < 1.29 is 29.0 Å². The Morgan fingerprint density at radius 2 is 1.93 bits per heavy atom. The minimum Gasteiger partial charge on any atom is -0.465 e. The number of esters is 1. The van der Waals surface area contributed by atoms with Gasteiger partial charge in [0.2, 0.25) is 11.8 Å². The Hall–Kier alpha value is -2.19. The van der Waals surface area contributed by atoms with E-state index < -0.39 is 35.0 Å². The number of aliphatic hydroxyl groups is 1. The number of likely N-dealkylation sites (tertiary alicyclic amines) is 1. The van der Waals surface area contributed by atoms with Crippen LogP contribution in [0.3, 0.4) is 0 Å². The third-order valence-corrected chi connectivity index (χ3v) is 6.90. The van der Waals surface area contributed by atoms with Crippen molar-refractivity contribution in [2.24, 2.45) is 11.8 Å². The molecule has 164 valence electrons. The van der Waals surface area contributed by atoms with Crippen molar-refractivity contribution in [3.63, 3.8) is 0 Å². The van der Waals surface area contributed by atoms with Crippen LogP contribution in [0.1, 0.15) is 33.6 Å². The highest BCUT2D eigenvalue weighted by molar-refractivity contribution is 5.99. The molecule has 1 unspecified atom stereocenters. The molecule has 1 spiro atoms. The fraction of sp³-hybridized carbons (Fsp3) is 0.682. The van der Waals surface area contributed by atoms with Crippen LogP contribution in [0.5, 0.6) is 0 Å². The Bertz CT molecular complexity index is 807. The average Bonchev–Trinajstić information content (AvgIpc) is 3.03. The van der Waals surface area contributed by atoms with Crippen molar-refractivity contribution >= 4 is 17.8 Å². The summed E-state index contributed by atoms with van der Waals surface area (Å²) in [7, 11) is 0. The van der Waals surface area contributed by atoms with Crippen molar-refractivity contribution in [3.05, 3.63) is 24.3 Å². The lowest BCUT2D eigenvalue weighted by molar-refractivity contribution is -0.162. The highest BCUT2D eigenvalue weighted by Crippen LogP contribution is 2.58. The summed E-state index contributed by atoms with van der Waals surface area (Å²) in [5, 5.41) is 9.61. The van der Waals surface area contributed by atoms with Crippen LogP contribution in [-0.4, -0.2) is 82.3 Å². The van der Waals surface area contributed by atoms with E-state index in [-0.39, 0.29) is 37.6 Å². The molecular weight excluding hydrogens is 388 g/mol. The summed E-state index contributed by atoms with van der Waals surface area (Å²) in [6.07, 6.45) is 8.52. The largest absolute Gasteiger partial charge is 0.465 e. The van der Waals surface area contributed by atoms with Crippen LogP contribution in [0, 0.1) is 11.8 Å². The molecule has 2 saturated heterocycles. The van der Waals surface area contributed by atoms with E-state index >= 15 is 0 Å². The van der Waals surface area contributed by atoms with E-state index in [4.69, 9.17) is 9.47 Å². The van der Waals surface area contributed by atoms with Crippen LogP contribution >= 0.6 is 0 Å². The van der Waals surface area contributed by atoms with Crippen molar-refractivity contribution in [2.75, 3.05) is 26.3 Å². The zero-order valence-corrected chi connectivity index (χ0v) is 17.7. The van der Waals surface area contributed by atoms with Gasteiger partial charge in [-0.15, -0.1) is 0 Å². The van der Waals surface area contributed by atoms with Crippen LogP contribution in [0.15, 0.2) is 24.3 Å². The van der Waals surface area contributed by atoms with Gasteiger partial charge in [-0.3, -0.25) is 14.4 Å². The maximum Gasteiger partial charge on any atom is 0.313 e. The van der Waals surface area contributed by atoms with E-state index in [2.05, 4.69) is 0 Å². The molecule has 4 heterocycles. The van der Waals surface area contributed by atoms with Gasteiger partial charge in [-0.1, -0.05) is 31.2 Å². The number of aliphatic hydroxyl groups excluding tert-OH is 1. The summed E-state index contributed by atoms with van der Waals surface area (Å²) >= 11 is 0. The first-order valence-corrected chi connectivity index (χ1v) is 10.8. The topological polar surface area (TPSA) is 96.4 Å². The number of nitrogens with zero attached hydrogens (tertiary/aromatic N) is 2. The van der Waals surface area contributed by atoms with Gasteiger partial charge < -0.3 is 24.4 Å². The van der Waals surface area contributed by atoms with E-state index in [9.17, 15) is 19.5 Å². The van der Waals surface area contributed by atoms with E-state index in [0.29, 0.717) is 19.4 Å². The van der Waals surface area contributed by atoms with Crippen molar-refractivity contribution in [1.29, 1.82) is 0 Å². The van der Waals surface area contributed by atoms with E-state index in [1.807, 2.05) is 39.0 Å². The molecule has 8 heteroatoms. The highest BCUT2D eigenvalue weighted by Gasteiger charge is 2.75. The standard InChI is InChI=1S/C22H30N2O6/c1-4-21-8-5-6-13-29-20(28)16(21)15-18(26)24(11-12-25)17-19(27)23(14(2)3)10-7-9-22(15,17)30-21/h5,7-9,14-17,25H,4,6,10-13H2,1-3H3/t15-,16-,17?,21+,22-/m0/s1. The average molecular weight is 418 g/mol. The number of hydrogen-bond acceptors (Lipinski definition) is 6. The highest BCUT2D eigenvalue weighted by atomic mass is 16.6. The molecular formula is C22H30N2O6. The van der Waals surface area contributed by atoms with E-state index in [1.165, 1.54) is 4.90 Å². The molecule has 0 aliphatic carbocycles. The SMILES string of the molecule is CC[C@@]12C=CCCOC(=O)[C@@H]1[C@H]1C(=O)N(CCO)C3C(=O)N(C(C)C)CC=C[C@@]31O2. The lowest BCUT2D eigenvalue weighted by Crippen LogP contribution is -2.57. The number of carbonyl (C=O) groups is 3. The van der Waals surface area contributed by atoms with Crippen molar-refractivity contribution in [3.8, 4) is 0 Å². The van der Waals surface area contributed by atoms with Gasteiger partial charge in [-0.25, -0.2) is 0 Å². The Morgan fingerprint density at radius 1 is 1.17 bits per heavy atom. The van der Waals surface area contributed by atoms with Crippen molar-refractivity contribution in [2.45, 2.75) is 56.9 Å².